The molecule has 1 aromatic heterocycles. The van der Waals surface area contributed by atoms with Crippen LogP contribution in [0.5, 0.6) is 0 Å². The van der Waals surface area contributed by atoms with Crippen LogP contribution in [0.2, 0.25) is 10.0 Å². The van der Waals surface area contributed by atoms with E-state index in [4.69, 9.17) is 23.2 Å². The predicted molar refractivity (Wildman–Crippen MR) is 91.3 cm³/mol. The first-order valence-corrected chi connectivity index (χ1v) is 9.28. The van der Waals surface area contributed by atoms with Crippen LogP contribution in [0.15, 0.2) is 56.9 Å². The number of aromatic nitrogens is 1. The third-order valence-corrected chi connectivity index (χ3v) is 6.67. The Hall–Kier alpha value is -1.21. The van der Waals surface area contributed by atoms with Crippen LogP contribution in [0.3, 0.4) is 0 Å². The molecule has 3 nitrogen and oxygen atoms in total. The highest BCUT2D eigenvalue weighted by atomic mass is 79.9. The van der Waals surface area contributed by atoms with Crippen molar-refractivity contribution in [1.82, 2.24) is 4.98 Å². The van der Waals surface area contributed by atoms with Gasteiger partial charge in [0.05, 0.1) is 15.4 Å². The van der Waals surface area contributed by atoms with Gasteiger partial charge in [-0.05, 0) is 52.3 Å². The van der Waals surface area contributed by atoms with E-state index >= 15 is 0 Å². The third kappa shape index (κ3) is 2.96. The van der Waals surface area contributed by atoms with E-state index in [1.54, 1.807) is 0 Å². The van der Waals surface area contributed by atoms with Gasteiger partial charge in [-0.25, -0.2) is 12.8 Å². The number of nitrogens with zero attached hydrogens (tertiary/aromatic N) is 1. The monoisotopic (exact) mass is 433 g/mol. The largest absolute Gasteiger partial charge is 0.255 e. The van der Waals surface area contributed by atoms with Gasteiger partial charge >= 0.3 is 0 Å². The van der Waals surface area contributed by atoms with Crippen LogP contribution in [0, 0.1) is 5.82 Å². The Morgan fingerprint density at radius 3 is 2.39 bits per heavy atom. The molecule has 0 spiro atoms. The summed E-state index contributed by atoms with van der Waals surface area (Å²) in [6.45, 7) is 0. The summed E-state index contributed by atoms with van der Waals surface area (Å²) in [5.74, 6) is -0.650. The van der Waals surface area contributed by atoms with Gasteiger partial charge in [0.25, 0.3) is 0 Å². The van der Waals surface area contributed by atoms with Crippen molar-refractivity contribution in [2.45, 2.75) is 9.79 Å². The molecule has 0 saturated heterocycles. The highest BCUT2D eigenvalue weighted by Gasteiger charge is 2.23. The Morgan fingerprint density at radius 1 is 1.09 bits per heavy atom. The molecule has 0 atom stereocenters. The van der Waals surface area contributed by atoms with Gasteiger partial charge in [0.1, 0.15) is 10.7 Å². The standard InChI is InChI=1S/C15H7BrCl2FNO2S/c16-15-10-5-12(19)11(18)6-13(10)20-7-14(15)23(21,22)9-3-1-8(17)2-4-9/h1-7H. The average Bonchev–Trinajstić information content (AvgIpc) is 2.50. The van der Waals surface area contributed by atoms with Crippen molar-refractivity contribution in [2.24, 2.45) is 0 Å². The lowest BCUT2D eigenvalue weighted by molar-refractivity contribution is 0.595. The second kappa shape index (κ2) is 6.02. The molecule has 0 bridgehead atoms. The molecule has 3 rings (SSSR count). The van der Waals surface area contributed by atoms with Crippen molar-refractivity contribution < 1.29 is 12.8 Å². The molecule has 2 aromatic carbocycles. The third-order valence-electron chi connectivity index (χ3n) is 3.23. The summed E-state index contributed by atoms with van der Waals surface area (Å²) in [6.07, 6.45) is 1.21. The minimum atomic E-state index is -3.82. The fourth-order valence-corrected chi connectivity index (χ4v) is 4.69. The van der Waals surface area contributed by atoms with E-state index < -0.39 is 15.7 Å². The molecule has 0 saturated carbocycles. The van der Waals surface area contributed by atoms with Gasteiger partial charge in [0, 0.05) is 21.1 Å². The van der Waals surface area contributed by atoms with Gasteiger partial charge in [-0.2, -0.15) is 0 Å². The number of hydrogen-bond donors (Lipinski definition) is 0. The summed E-state index contributed by atoms with van der Waals surface area (Å²) in [5.41, 5.74) is 0.387. The molecule has 0 N–H and O–H groups in total. The number of benzene rings is 2. The van der Waals surface area contributed by atoms with E-state index in [-0.39, 0.29) is 19.3 Å². The van der Waals surface area contributed by atoms with Gasteiger partial charge in [-0.15, -0.1) is 0 Å². The number of halogens is 4. The van der Waals surface area contributed by atoms with Crippen molar-refractivity contribution in [3.63, 3.8) is 0 Å². The summed E-state index contributed by atoms with van der Waals surface area (Å²) in [4.78, 5) is 4.07. The summed E-state index contributed by atoms with van der Waals surface area (Å²) >= 11 is 14.7. The van der Waals surface area contributed by atoms with E-state index in [0.29, 0.717) is 15.9 Å². The Bertz CT molecular complexity index is 1020. The van der Waals surface area contributed by atoms with E-state index in [1.165, 1.54) is 36.5 Å². The summed E-state index contributed by atoms with van der Waals surface area (Å²) in [7, 11) is -3.82. The van der Waals surface area contributed by atoms with E-state index in [2.05, 4.69) is 20.9 Å². The number of hydrogen-bond acceptors (Lipinski definition) is 3. The Balaban J connectivity index is 2.25. The van der Waals surface area contributed by atoms with Crippen LogP contribution in [-0.2, 0) is 9.84 Å². The quantitative estimate of drug-likeness (QED) is 0.551. The van der Waals surface area contributed by atoms with Crippen molar-refractivity contribution in [3.8, 4) is 0 Å². The maximum atomic E-state index is 13.7. The molecular formula is C15H7BrCl2FNO2S. The minimum absolute atomic E-state index is 0.0611. The molecule has 0 aliphatic heterocycles. The molecular weight excluding hydrogens is 428 g/mol. The Kier molecular flexibility index (Phi) is 4.35. The maximum Gasteiger partial charge on any atom is 0.209 e. The zero-order chi connectivity index (χ0) is 16.8. The summed E-state index contributed by atoms with van der Waals surface area (Å²) in [6, 6.07) is 8.26. The molecule has 0 aliphatic carbocycles. The molecule has 0 amide bonds. The lowest BCUT2D eigenvalue weighted by Gasteiger charge is -2.09. The highest BCUT2D eigenvalue weighted by molar-refractivity contribution is 9.10. The van der Waals surface area contributed by atoms with Crippen molar-refractivity contribution in [2.75, 3.05) is 0 Å². The van der Waals surface area contributed by atoms with Gasteiger partial charge in [0.15, 0.2) is 0 Å². The van der Waals surface area contributed by atoms with Crippen LogP contribution in [-0.4, -0.2) is 13.4 Å². The molecule has 23 heavy (non-hydrogen) atoms. The molecule has 3 aromatic rings. The summed E-state index contributed by atoms with van der Waals surface area (Å²) < 4.78 is 39.4. The van der Waals surface area contributed by atoms with Crippen LogP contribution >= 0.6 is 39.1 Å². The Morgan fingerprint density at radius 2 is 1.74 bits per heavy atom. The average molecular weight is 435 g/mol. The maximum absolute atomic E-state index is 13.7. The van der Waals surface area contributed by atoms with Gasteiger partial charge in [0.2, 0.25) is 9.84 Å². The smallest absolute Gasteiger partial charge is 0.209 e. The minimum Gasteiger partial charge on any atom is -0.255 e. The second-order valence-corrected chi connectivity index (χ2v) is 8.23. The van der Waals surface area contributed by atoms with Gasteiger partial charge in [-0.1, -0.05) is 23.2 Å². The van der Waals surface area contributed by atoms with E-state index in [0.717, 1.165) is 6.07 Å². The molecule has 0 unspecified atom stereocenters. The first-order valence-electron chi connectivity index (χ1n) is 6.24. The first kappa shape index (κ1) is 16.6. The zero-order valence-electron chi connectivity index (χ0n) is 11.2. The molecule has 1 heterocycles. The van der Waals surface area contributed by atoms with Crippen LogP contribution in [0.25, 0.3) is 10.9 Å². The lowest BCUT2D eigenvalue weighted by atomic mass is 10.2. The van der Waals surface area contributed by atoms with Crippen LogP contribution in [0.4, 0.5) is 4.39 Å². The van der Waals surface area contributed by atoms with Crippen molar-refractivity contribution in [3.05, 3.63) is 62.9 Å². The Labute approximate surface area is 150 Å². The number of rotatable bonds is 2. The van der Waals surface area contributed by atoms with Crippen LogP contribution < -0.4 is 0 Å². The van der Waals surface area contributed by atoms with Gasteiger partial charge in [-0.3, -0.25) is 4.98 Å². The fourth-order valence-electron chi connectivity index (χ4n) is 2.06. The second-order valence-electron chi connectivity index (χ2n) is 4.68. The normalized spacial score (nSPS) is 11.8. The number of pyridine rings is 1. The number of sulfone groups is 1. The molecule has 8 heteroatoms. The fraction of sp³-hybridized carbons (Fsp3) is 0. The zero-order valence-corrected chi connectivity index (χ0v) is 15.1. The SMILES string of the molecule is O=S(=O)(c1ccc(Cl)cc1)c1cnc2cc(Cl)c(F)cc2c1Br. The summed E-state index contributed by atoms with van der Waals surface area (Å²) in [5, 5.41) is 0.670. The van der Waals surface area contributed by atoms with Crippen LogP contribution in [0.1, 0.15) is 0 Å². The topological polar surface area (TPSA) is 47.0 Å². The molecule has 118 valence electrons. The van der Waals surface area contributed by atoms with Crippen molar-refractivity contribution in [1.29, 1.82) is 0 Å². The number of fused-ring (bicyclic) bond motifs is 1. The van der Waals surface area contributed by atoms with E-state index in [9.17, 15) is 12.8 Å². The van der Waals surface area contributed by atoms with Gasteiger partial charge < -0.3 is 0 Å². The van der Waals surface area contributed by atoms with Crippen molar-refractivity contribution >= 4 is 59.9 Å². The molecule has 0 fully saturated rings. The molecule has 0 radical (unpaired) electrons. The first-order chi connectivity index (χ1) is 10.8. The van der Waals surface area contributed by atoms with E-state index in [1.807, 2.05) is 0 Å². The lowest BCUT2D eigenvalue weighted by Crippen LogP contribution is -2.04. The predicted octanol–water partition coefficient (Wildman–Crippen LogP) is 5.28. The highest BCUT2D eigenvalue weighted by Crippen LogP contribution is 2.34. The molecule has 0 aliphatic rings.